The lowest BCUT2D eigenvalue weighted by atomic mass is 10.1. The molecule has 2 rings (SSSR count). The van der Waals surface area contributed by atoms with Crippen LogP contribution >= 0.6 is 11.3 Å². The first kappa shape index (κ1) is 13.3. The molecule has 2 nitrogen and oxygen atoms in total. The quantitative estimate of drug-likeness (QED) is 0.863. The van der Waals surface area contributed by atoms with Crippen LogP contribution in [0.2, 0.25) is 0 Å². The van der Waals surface area contributed by atoms with Crippen molar-refractivity contribution >= 4 is 11.3 Å². The lowest BCUT2D eigenvalue weighted by Gasteiger charge is -2.29. The second kappa shape index (κ2) is 6.69. The largest absolute Gasteiger partial charge is 0.329 e. The number of thiophene rings is 1. The molecule has 0 aliphatic carbocycles. The number of hydrogen-bond acceptors (Lipinski definition) is 3. The van der Waals surface area contributed by atoms with E-state index in [0.29, 0.717) is 12.6 Å². The Kier molecular flexibility index (Phi) is 4.93. The molecule has 1 unspecified atom stereocenters. The minimum atomic E-state index is 0.321. The Morgan fingerprint density at radius 3 is 2.56 bits per heavy atom. The Hall–Kier alpha value is -1.16. The SMILES string of the molecule is CCN(Cc1ccccc1)C(CN)c1ccsc1. The van der Waals surface area contributed by atoms with Crippen molar-refractivity contribution in [2.45, 2.75) is 19.5 Å². The zero-order chi connectivity index (χ0) is 12.8. The molecule has 0 radical (unpaired) electrons. The summed E-state index contributed by atoms with van der Waals surface area (Å²) in [4.78, 5) is 2.43. The molecule has 0 aliphatic heterocycles. The van der Waals surface area contributed by atoms with Crippen molar-refractivity contribution in [2.75, 3.05) is 13.1 Å². The van der Waals surface area contributed by atoms with Crippen LogP contribution in [-0.4, -0.2) is 18.0 Å². The molecule has 1 aromatic heterocycles. The van der Waals surface area contributed by atoms with E-state index in [9.17, 15) is 0 Å². The molecule has 0 fully saturated rings. The van der Waals surface area contributed by atoms with Crippen molar-refractivity contribution in [3.05, 3.63) is 58.3 Å². The zero-order valence-electron chi connectivity index (χ0n) is 10.8. The summed E-state index contributed by atoms with van der Waals surface area (Å²) in [7, 11) is 0. The van der Waals surface area contributed by atoms with Gasteiger partial charge in [0.1, 0.15) is 0 Å². The molecule has 18 heavy (non-hydrogen) atoms. The first-order chi connectivity index (χ1) is 8.85. The first-order valence-electron chi connectivity index (χ1n) is 6.35. The fourth-order valence-electron chi connectivity index (χ4n) is 2.22. The molecule has 1 heterocycles. The highest BCUT2D eigenvalue weighted by Gasteiger charge is 2.18. The highest BCUT2D eigenvalue weighted by Crippen LogP contribution is 2.23. The number of nitrogens with zero attached hydrogens (tertiary/aromatic N) is 1. The Balaban J connectivity index is 2.12. The van der Waals surface area contributed by atoms with Crippen LogP contribution in [0.15, 0.2) is 47.2 Å². The molecule has 0 amide bonds. The molecular formula is C15H20N2S. The van der Waals surface area contributed by atoms with Gasteiger partial charge in [-0.15, -0.1) is 0 Å². The maximum atomic E-state index is 5.96. The molecule has 3 heteroatoms. The Morgan fingerprint density at radius 2 is 2.00 bits per heavy atom. The summed E-state index contributed by atoms with van der Waals surface area (Å²) < 4.78 is 0. The van der Waals surface area contributed by atoms with Gasteiger partial charge in [0.25, 0.3) is 0 Å². The third-order valence-corrected chi connectivity index (χ3v) is 3.93. The van der Waals surface area contributed by atoms with Crippen LogP contribution in [0.3, 0.4) is 0 Å². The molecule has 1 atom stereocenters. The summed E-state index contributed by atoms with van der Waals surface area (Å²) in [6.07, 6.45) is 0. The molecule has 96 valence electrons. The molecule has 0 saturated heterocycles. The van der Waals surface area contributed by atoms with Crippen LogP contribution < -0.4 is 5.73 Å². The predicted molar refractivity (Wildman–Crippen MR) is 78.6 cm³/mol. The Labute approximate surface area is 113 Å². The van der Waals surface area contributed by atoms with E-state index < -0.39 is 0 Å². The maximum absolute atomic E-state index is 5.96. The summed E-state index contributed by atoms with van der Waals surface area (Å²) in [5, 5.41) is 4.32. The molecule has 2 aromatic rings. The van der Waals surface area contributed by atoms with Crippen molar-refractivity contribution in [1.29, 1.82) is 0 Å². The van der Waals surface area contributed by atoms with Gasteiger partial charge < -0.3 is 5.73 Å². The maximum Gasteiger partial charge on any atom is 0.0482 e. The van der Waals surface area contributed by atoms with Crippen LogP contribution in [0, 0.1) is 0 Å². The smallest absolute Gasteiger partial charge is 0.0482 e. The zero-order valence-corrected chi connectivity index (χ0v) is 11.6. The second-order valence-corrected chi connectivity index (χ2v) is 5.14. The van der Waals surface area contributed by atoms with Gasteiger partial charge in [-0.3, -0.25) is 4.90 Å². The summed E-state index contributed by atoms with van der Waals surface area (Å²) >= 11 is 1.74. The molecule has 1 aromatic carbocycles. The van der Waals surface area contributed by atoms with E-state index in [0.717, 1.165) is 13.1 Å². The van der Waals surface area contributed by atoms with Gasteiger partial charge in [0.05, 0.1) is 0 Å². The van der Waals surface area contributed by atoms with E-state index in [-0.39, 0.29) is 0 Å². The highest BCUT2D eigenvalue weighted by molar-refractivity contribution is 7.07. The highest BCUT2D eigenvalue weighted by atomic mass is 32.1. The number of nitrogens with two attached hydrogens (primary N) is 1. The van der Waals surface area contributed by atoms with E-state index in [2.05, 4.69) is 59.0 Å². The number of rotatable bonds is 6. The van der Waals surface area contributed by atoms with E-state index in [1.165, 1.54) is 11.1 Å². The van der Waals surface area contributed by atoms with Crippen LogP contribution in [0.25, 0.3) is 0 Å². The van der Waals surface area contributed by atoms with Gasteiger partial charge in [0.2, 0.25) is 0 Å². The third-order valence-electron chi connectivity index (χ3n) is 3.23. The molecule has 0 bridgehead atoms. The minimum Gasteiger partial charge on any atom is -0.329 e. The fraction of sp³-hybridized carbons (Fsp3) is 0.333. The number of benzene rings is 1. The summed E-state index contributed by atoms with van der Waals surface area (Å²) in [5.74, 6) is 0. The van der Waals surface area contributed by atoms with Crippen molar-refractivity contribution in [3.63, 3.8) is 0 Å². The van der Waals surface area contributed by atoms with Crippen molar-refractivity contribution < 1.29 is 0 Å². The van der Waals surface area contributed by atoms with Gasteiger partial charge in [-0.2, -0.15) is 11.3 Å². The molecule has 2 N–H and O–H groups in total. The molecule has 0 spiro atoms. The van der Waals surface area contributed by atoms with Crippen molar-refractivity contribution in [2.24, 2.45) is 5.73 Å². The standard InChI is InChI=1S/C15H20N2S/c1-2-17(11-13-6-4-3-5-7-13)15(10-16)14-8-9-18-12-14/h3-9,12,15H,2,10-11,16H2,1H3. The van der Waals surface area contributed by atoms with Crippen molar-refractivity contribution in [1.82, 2.24) is 4.90 Å². The van der Waals surface area contributed by atoms with E-state index in [1.807, 2.05) is 0 Å². The minimum absolute atomic E-state index is 0.321. The van der Waals surface area contributed by atoms with Gasteiger partial charge in [-0.25, -0.2) is 0 Å². The third kappa shape index (κ3) is 3.19. The first-order valence-corrected chi connectivity index (χ1v) is 7.29. The van der Waals surface area contributed by atoms with Gasteiger partial charge in [-0.1, -0.05) is 37.3 Å². The monoisotopic (exact) mass is 260 g/mol. The summed E-state index contributed by atoms with van der Waals surface area (Å²) in [6.45, 7) is 4.82. The lowest BCUT2D eigenvalue weighted by Crippen LogP contribution is -2.33. The van der Waals surface area contributed by atoms with Crippen molar-refractivity contribution in [3.8, 4) is 0 Å². The summed E-state index contributed by atoms with van der Waals surface area (Å²) in [5.41, 5.74) is 8.63. The van der Waals surface area contributed by atoms with E-state index >= 15 is 0 Å². The van der Waals surface area contributed by atoms with Gasteiger partial charge in [0, 0.05) is 19.1 Å². The average molecular weight is 260 g/mol. The molecule has 0 saturated carbocycles. The molecular weight excluding hydrogens is 240 g/mol. The second-order valence-electron chi connectivity index (χ2n) is 4.36. The van der Waals surface area contributed by atoms with Gasteiger partial charge >= 0.3 is 0 Å². The lowest BCUT2D eigenvalue weighted by molar-refractivity contribution is 0.204. The fourth-order valence-corrected chi connectivity index (χ4v) is 2.93. The normalized spacial score (nSPS) is 12.8. The average Bonchev–Trinajstić information content (AvgIpc) is 2.93. The Morgan fingerprint density at radius 1 is 1.22 bits per heavy atom. The van der Waals surface area contributed by atoms with Crippen LogP contribution in [0.4, 0.5) is 0 Å². The molecule has 0 aliphatic rings. The van der Waals surface area contributed by atoms with E-state index in [4.69, 9.17) is 5.73 Å². The Bertz CT molecular complexity index is 439. The summed E-state index contributed by atoms with van der Waals surface area (Å²) in [6, 6.07) is 13.1. The van der Waals surface area contributed by atoms with Gasteiger partial charge in [-0.05, 0) is 34.5 Å². The van der Waals surface area contributed by atoms with Gasteiger partial charge in [0.15, 0.2) is 0 Å². The number of likely N-dealkylation sites (N-methyl/N-ethyl adjacent to an activating group) is 1. The topological polar surface area (TPSA) is 29.3 Å². The van der Waals surface area contributed by atoms with Crippen LogP contribution in [0.5, 0.6) is 0 Å². The van der Waals surface area contributed by atoms with E-state index in [1.54, 1.807) is 11.3 Å². The van der Waals surface area contributed by atoms with Crippen LogP contribution in [0.1, 0.15) is 24.1 Å². The predicted octanol–water partition coefficient (Wildman–Crippen LogP) is 3.27. The van der Waals surface area contributed by atoms with Crippen LogP contribution in [-0.2, 0) is 6.54 Å². The number of hydrogen-bond donors (Lipinski definition) is 1.